The number of amides is 1. The van der Waals surface area contributed by atoms with Gasteiger partial charge in [-0.25, -0.2) is 4.98 Å². The highest BCUT2D eigenvalue weighted by Crippen LogP contribution is 2.46. The molecule has 0 aliphatic carbocycles. The number of aromatic nitrogens is 1. The number of hydrogen-bond donors (Lipinski definition) is 1. The van der Waals surface area contributed by atoms with Crippen LogP contribution in [0.1, 0.15) is 52.9 Å². The zero-order valence-corrected chi connectivity index (χ0v) is 22.3. The first kappa shape index (κ1) is 24.2. The number of rotatable bonds is 5. The number of thiophene rings is 1. The Balaban J connectivity index is 1.72. The molecule has 1 atom stereocenters. The van der Waals surface area contributed by atoms with E-state index < -0.39 is 17.7 Å². The summed E-state index contributed by atoms with van der Waals surface area (Å²) in [6, 6.07) is 12.7. The second-order valence-electron chi connectivity index (χ2n) is 9.23. The van der Waals surface area contributed by atoms with Crippen molar-refractivity contribution in [2.45, 2.75) is 39.7 Å². The van der Waals surface area contributed by atoms with E-state index in [0.717, 1.165) is 26.2 Å². The lowest BCUT2D eigenvalue weighted by molar-refractivity contribution is -0.132. The van der Waals surface area contributed by atoms with Crippen LogP contribution in [0.3, 0.4) is 0 Å². The molecule has 1 fully saturated rings. The summed E-state index contributed by atoms with van der Waals surface area (Å²) in [6.07, 6.45) is 0. The summed E-state index contributed by atoms with van der Waals surface area (Å²) in [5.74, 6) is -0.875. The van der Waals surface area contributed by atoms with E-state index in [1.54, 1.807) is 6.07 Å². The van der Waals surface area contributed by atoms with E-state index >= 15 is 0 Å². The summed E-state index contributed by atoms with van der Waals surface area (Å²) in [4.78, 5) is 33.8. The maximum absolute atomic E-state index is 13.5. The number of aliphatic hydroxyl groups is 1. The van der Waals surface area contributed by atoms with Crippen molar-refractivity contribution in [2.75, 3.05) is 12.0 Å². The van der Waals surface area contributed by atoms with Crippen molar-refractivity contribution in [3.05, 3.63) is 80.5 Å². The number of aryl methyl sites for hydroxylation is 2. The van der Waals surface area contributed by atoms with Gasteiger partial charge >= 0.3 is 5.91 Å². The lowest BCUT2D eigenvalue weighted by Crippen LogP contribution is -2.28. The molecule has 1 unspecified atom stereocenters. The van der Waals surface area contributed by atoms with E-state index in [4.69, 9.17) is 9.72 Å². The van der Waals surface area contributed by atoms with Gasteiger partial charge in [-0.15, -0.1) is 11.3 Å². The van der Waals surface area contributed by atoms with Gasteiger partial charge in [0.05, 0.1) is 28.5 Å². The van der Waals surface area contributed by atoms with Gasteiger partial charge in [0.15, 0.2) is 5.13 Å². The number of carbonyl (C=O) groups is 2. The molecule has 1 N–H and O–H groups in total. The number of nitrogens with zero attached hydrogens (tertiary/aromatic N) is 2. The molecule has 2 aromatic carbocycles. The summed E-state index contributed by atoms with van der Waals surface area (Å²) in [6.45, 7) is 8.04. The van der Waals surface area contributed by atoms with E-state index in [9.17, 15) is 14.7 Å². The van der Waals surface area contributed by atoms with E-state index in [0.29, 0.717) is 22.4 Å². The quantitative estimate of drug-likeness (QED) is 0.180. The van der Waals surface area contributed by atoms with Gasteiger partial charge in [0.1, 0.15) is 17.6 Å². The maximum Gasteiger partial charge on any atom is 0.301 e. The first-order valence-electron chi connectivity index (χ1n) is 11.6. The average Bonchev–Trinajstić information content (AvgIpc) is 3.56. The fraction of sp³-hybridized carbons (Fsp3) is 0.250. The van der Waals surface area contributed by atoms with Crippen LogP contribution in [0.25, 0.3) is 16.0 Å². The van der Waals surface area contributed by atoms with Crippen molar-refractivity contribution < 1.29 is 19.4 Å². The van der Waals surface area contributed by atoms with Crippen molar-refractivity contribution in [3.63, 3.8) is 0 Å². The van der Waals surface area contributed by atoms with Crippen LogP contribution in [-0.4, -0.2) is 28.9 Å². The van der Waals surface area contributed by atoms with Crippen molar-refractivity contribution >= 4 is 55.5 Å². The molecule has 1 aliphatic heterocycles. The van der Waals surface area contributed by atoms with Gasteiger partial charge in [0.25, 0.3) is 5.78 Å². The normalized spacial score (nSPS) is 17.5. The fourth-order valence-corrected chi connectivity index (χ4v) is 6.55. The minimum atomic E-state index is -0.791. The predicted molar refractivity (Wildman–Crippen MR) is 145 cm³/mol. The topological polar surface area (TPSA) is 79.7 Å². The second-order valence-corrected chi connectivity index (χ2v) is 11.2. The molecule has 36 heavy (non-hydrogen) atoms. The molecule has 3 heterocycles. The number of aliphatic hydroxyl groups excluding tert-OH is 1. The molecular weight excluding hydrogens is 492 g/mol. The smallest absolute Gasteiger partial charge is 0.301 e. The van der Waals surface area contributed by atoms with Crippen molar-refractivity contribution in [1.29, 1.82) is 0 Å². The zero-order chi connectivity index (χ0) is 25.7. The summed E-state index contributed by atoms with van der Waals surface area (Å²) in [7, 11) is 1.52. The van der Waals surface area contributed by atoms with Crippen LogP contribution in [0.4, 0.5) is 5.13 Å². The zero-order valence-electron chi connectivity index (χ0n) is 20.7. The highest BCUT2D eigenvalue weighted by atomic mass is 32.1. The number of thiazole rings is 1. The third-order valence-electron chi connectivity index (χ3n) is 6.41. The molecule has 4 aromatic rings. The van der Waals surface area contributed by atoms with Crippen molar-refractivity contribution in [1.82, 2.24) is 4.98 Å². The Bertz CT molecular complexity index is 1530. The maximum atomic E-state index is 13.5. The third-order valence-corrected chi connectivity index (χ3v) is 8.35. The van der Waals surface area contributed by atoms with E-state index in [-0.39, 0.29) is 11.3 Å². The number of Topliss-reactive ketones (excluding diaryl/α,β-unsaturated/α-hetero) is 1. The molecule has 5 rings (SSSR count). The van der Waals surface area contributed by atoms with Gasteiger partial charge < -0.3 is 9.84 Å². The Morgan fingerprint density at radius 2 is 1.92 bits per heavy atom. The molecule has 1 saturated heterocycles. The first-order valence-corrected chi connectivity index (χ1v) is 13.3. The van der Waals surface area contributed by atoms with Crippen molar-refractivity contribution in [3.8, 4) is 5.75 Å². The molecule has 0 spiro atoms. The number of fused-ring (bicyclic) bond motifs is 1. The van der Waals surface area contributed by atoms with E-state index in [1.807, 2.05) is 49.6 Å². The number of benzene rings is 2. The molecule has 0 radical (unpaired) electrons. The second kappa shape index (κ2) is 9.19. The van der Waals surface area contributed by atoms with Crippen LogP contribution in [0.2, 0.25) is 0 Å². The Hall–Kier alpha value is -3.49. The lowest BCUT2D eigenvalue weighted by atomic mass is 9.97. The Kier molecular flexibility index (Phi) is 6.18. The number of methoxy groups -OCH3 is 1. The van der Waals surface area contributed by atoms with Crippen LogP contribution >= 0.6 is 22.7 Å². The predicted octanol–water partition coefficient (Wildman–Crippen LogP) is 6.73. The van der Waals surface area contributed by atoms with Crippen LogP contribution < -0.4 is 9.64 Å². The molecule has 6 nitrogen and oxygen atoms in total. The van der Waals surface area contributed by atoms with Gasteiger partial charge in [-0.05, 0) is 66.1 Å². The molecular formula is C28H26N2O4S2. The van der Waals surface area contributed by atoms with Crippen LogP contribution in [0.5, 0.6) is 5.75 Å². The lowest BCUT2D eigenvalue weighted by Gasteiger charge is -2.22. The SMILES string of the molecule is COc1c(C)cc(C)cc1/C(O)=C1\C(=O)C(=O)N(c2nc3ccc(C(C)C)cc3s2)C1c1cccs1. The molecule has 0 saturated carbocycles. The van der Waals surface area contributed by atoms with Gasteiger partial charge in [-0.1, -0.05) is 43.4 Å². The highest BCUT2D eigenvalue weighted by Gasteiger charge is 2.49. The minimum absolute atomic E-state index is 0.0351. The van der Waals surface area contributed by atoms with Gasteiger partial charge in [-0.3, -0.25) is 14.5 Å². The number of ketones is 1. The Labute approximate surface area is 217 Å². The molecule has 184 valence electrons. The summed E-state index contributed by atoms with van der Waals surface area (Å²) in [5, 5.41) is 13.8. The Morgan fingerprint density at radius 1 is 1.14 bits per heavy atom. The van der Waals surface area contributed by atoms with Gasteiger partial charge in [0.2, 0.25) is 0 Å². The van der Waals surface area contributed by atoms with Crippen molar-refractivity contribution in [2.24, 2.45) is 0 Å². The first-order chi connectivity index (χ1) is 17.2. The molecule has 2 aromatic heterocycles. The van der Waals surface area contributed by atoms with Crippen LogP contribution in [0.15, 0.2) is 53.4 Å². The third kappa shape index (κ3) is 3.90. The summed E-state index contributed by atoms with van der Waals surface area (Å²) >= 11 is 2.80. The molecule has 8 heteroatoms. The standard InChI is InChI=1S/C28H26N2O4S2/c1-14(2)17-8-9-19-21(13-17)36-28(29-19)30-23(20-7-6-10-35-20)22(25(32)27(30)33)24(31)18-12-15(3)11-16(4)26(18)34-5/h6-14,23,31H,1-5H3/b24-22+. The van der Waals surface area contributed by atoms with Crippen LogP contribution in [-0.2, 0) is 9.59 Å². The van der Waals surface area contributed by atoms with Gasteiger partial charge in [0, 0.05) is 4.88 Å². The van der Waals surface area contributed by atoms with Gasteiger partial charge in [-0.2, -0.15) is 0 Å². The summed E-state index contributed by atoms with van der Waals surface area (Å²) < 4.78 is 6.51. The number of hydrogen-bond acceptors (Lipinski definition) is 7. The largest absolute Gasteiger partial charge is 0.507 e. The monoisotopic (exact) mass is 518 g/mol. The number of ether oxygens (including phenoxy) is 1. The number of anilines is 1. The number of carbonyl (C=O) groups excluding carboxylic acids is 2. The molecule has 0 bridgehead atoms. The Morgan fingerprint density at radius 3 is 2.58 bits per heavy atom. The fourth-order valence-electron chi connectivity index (χ4n) is 4.68. The summed E-state index contributed by atoms with van der Waals surface area (Å²) in [5.41, 5.74) is 4.10. The molecule has 1 aliphatic rings. The average molecular weight is 519 g/mol. The van der Waals surface area contributed by atoms with Crippen LogP contribution in [0, 0.1) is 13.8 Å². The highest BCUT2D eigenvalue weighted by molar-refractivity contribution is 7.22. The van der Waals surface area contributed by atoms with E-state index in [2.05, 4.69) is 19.9 Å². The minimum Gasteiger partial charge on any atom is -0.507 e. The molecule has 1 amide bonds. The van der Waals surface area contributed by atoms with E-state index in [1.165, 1.54) is 40.2 Å².